The Morgan fingerprint density at radius 1 is 0.789 bits per heavy atom. The van der Waals surface area contributed by atoms with Crippen LogP contribution in [0.4, 0.5) is 13.2 Å². The van der Waals surface area contributed by atoms with Crippen LogP contribution in [0.3, 0.4) is 0 Å². The van der Waals surface area contributed by atoms with Gasteiger partial charge in [0.2, 0.25) is 0 Å². The zero-order valence-electron chi connectivity index (χ0n) is 20.2. The van der Waals surface area contributed by atoms with Crippen molar-refractivity contribution >= 4 is 17.6 Å². The highest BCUT2D eigenvalue weighted by Crippen LogP contribution is 2.34. The molecule has 0 atom stereocenters. The van der Waals surface area contributed by atoms with Gasteiger partial charge in [0.25, 0.3) is 5.91 Å². The first-order chi connectivity index (χ1) is 18.0. The Bertz CT molecular complexity index is 1480. The summed E-state index contributed by atoms with van der Waals surface area (Å²) < 4.78 is 46.6. The van der Waals surface area contributed by atoms with Crippen molar-refractivity contribution in [1.29, 1.82) is 0 Å². The molecule has 0 radical (unpaired) electrons. The van der Waals surface area contributed by atoms with Crippen LogP contribution in [0.25, 0.3) is 22.5 Å². The van der Waals surface area contributed by atoms with Crippen LogP contribution in [0.2, 0.25) is 0 Å². The van der Waals surface area contributed by atoms with Crippen molar-refractivity contribution in [2.45, 2.75) is 19.6 Å². The minimum atomic E-state index is -4.46. The summed E-state index contributed by atoms with van der Waals surface area (Å²) >= 11 is 0. The quantitative estimate of drug-likeness (QED) is 0.186. The van der Waals surface area contributed by atoms with Gasteiger partial charge < -0.3 is 20.8 Å². The minimum absolute atomic E-state index is 0.0436. The molecule has 3 aromatic carbocycles. The lowest BCUT2D eigenvalue weighted by atomic mass is 10.1. The van der Waals surface area contributed by atoms with E-state index in [0.717, 1.165) is 17.7 Å². The van der Waals surface area contributed by atoms with Crippen molar-refractivity contribution in [2.24, 2.45) is 16.5 Å². The predicted molar refractivity (Wildman–Crippen MR) is 138 cm³/mol. The molecule has 38 heavy (non-hydrogen) atoms. The van der Waals surface area contributed by atoms with E-state index < -0.39 is 23.6 Å². The van der Waals surface area contributed by atoms with E-state index in [1.54, 1.807) is 65.2 Å². The molecule has 4 rings (SSSR count). The van der Waals surface area contributed by atoms with Crippen LogP contribution in [0.5, 0.6) is 11.5 Å². The number of amides is 1. The summed E-state index contributed by atoms with van der Waals surface area (Å²) in [5.74, 6) is 0.0422. The van der Waals surface area contributed by atoms with E-state index in [0.29, 0.717) is 34.0 Å². The lowest BCUT2D eigenvalue weighted by Crippen LogP contribution is -2.25. The van der Waals surface area contributed by atoms with E-state index in [1.807, 2.05) is 0 Å². The van der Waals surface area contributed by atoms with E-state index in [1.165, 1.54) is 19.1 Å². The van der Waals surface area contributed by atoms with Crippen LogP contribution in [-0.4, -0.2) is 22.2 Å². The summed E-state index contributed by atoms with van der Waals surface area (Å²) in [5.41, 5.74) is 12.8. The molecule has 0 aliphatic rings. The zero-order chi connectivity index (χ0) is 27.4. The Morgan fingerprint density at radius 2 is 1.26 bits per heavy atom. The van der Waals surface area contributed by atoms with Crippen molar-refractivity contribution in [1.82, 2.24) is 4.57 Å². The molecule has 0 bridgehead atoms. The second-order valence-electron chi connectivity index (χ2n) is 8.40. The van der Waals surface area contributed by atoms with Crippen molar-refractivity contribution in [3.05, 3.63) is 96.1 Å². The van der Waals surface area contributed by atoms with Crippen molar-refractivity contribution in [2.75, 3.05) is 0 Å². The van der Waals surface area contributed by atoms with Gasteiger partial charge in [-0.2, -0.15) is 18.2 Å². The fraction of sp³-hybridized carbons (Fsp3) is 0.107. The van der Waals surface area contributed by atoms with Crippen LogP contribution < -0.4 is 16.2 Å². The number of nitrogens with zero attached hydrogens (tertiary/aromatic N) is 2. The van der Waals surface area contributed by atoms with Crippen LogP contribution >= 0.6 is 0 Å². The number of ether oxygens (including phenoxy) is 1. The van der Waals surface area contributed by atoms with Gasteiger partial charge in [-0.1, -0.05) is 12.1 Å². The van der Waals surface area contributed by atoms with Crippen LogP contribution in [0.1, 0.15) is 22.8 Å². The fourth-order valence-electron chi connectivity index (χ4n) is 3.87. The molecule has 0 aliphatic heterocycles. The molecule has 1 aromatic heterocycles. The van der Waals surface area contributed by atoms with Gasteiger partial charge in [-0.25, -0.2) is 0 Å². The summed E-state index contributed by atoms with van der Waals surface area (Å²) in [6.07, 6.45) is -4.46. The molecule has 0 unspecified atom stereocenters. The Balaban J connectivity index is 1.65. The van der Waals surface area contributed by atoms with Gasteiger partial charge in [-0.05, 0) is 90.8 Å². The standard InChI is InChI=1S/C28H23F3N4O3/c1-17(36)18-4-10-22(11-5-18)38-23-12-6-20(7-13-23)25-15-14-24(35(25)16-26(37)34-27(32)33)19-2-8-21(9-3-19)28(29,30)31/h2-15H,16H2,1H3,(H4,32,33,34,37). The average molecular weight is 521 g/mol. The molecular weight excluding hydrogens is 497 g/mol. The number of halogens is 3. The van der Waals surface area contributed by atoms with Gasteiger partial charge >= 0.3 is 6.18 Å². The summed E-state index contributed by atoms with van der Waals surface area (Å²) in [6.45, 7) is 1.25. The molecule has 0 aliphatic carbocycles. The molecule has 4 N–H and O–H groups in total. The van der Waals surface area contributed by atoms with E-state index >= 15 is 0 Å². The van der Waals surface area contributed by atoms with E-state index in [2.05, 4.69) is 4.99 Å². The molecule has 7 nitrogen and oxygen atoms in total. The van der Waals surface area contributed by atoms with Gasteiger partial charge in [0.05, 0.1) is 5.56 Å². The van der Waals surface area contributed by atoms with Gasteiger partial charge in [0.1, 0.15) is 18.0 Å². The Hall–Kier alpha value is -4.86. The van der Waals surface area contributed by atoms with Gasteiger partial charge in [-0.15, -0.1) is 0 Å². The van der Waals surface area contributed by atoms with Gasteiger partial charge in [0, 0.05) is 17.0 Å². The smallest absolute Gasteiger partial charge is 0.416 e. The maximum absolute atomic E-state index is 13.0. The summed E-state index contributed by atoms with van der Waals surface area (Å²) in [6, 6.07) is 21.9. The third kappa shape index (κ3) is 6.09. The topological polar surface area (TPSA) is 113 Å². The fourth-order valence-corrected chi connectivity index (χ4v) is 3.87. The van der Waals surface area contributed by atoms with E-state index in [9.17, 15) is 22.8 Å². The number of ketones is 1. The van der Waals surface area contributed by atoms with E-state index in [4.69, 9.17) is 16.2 Å². The number of nitrogens with two attached hydrogens (primary N) is 2. The van der Waals surface area contributed by atoms with Crippen LogP contribution in [0, 0.1) is 0 Å². The molecule has 0 saturated carbocycles. The Labute approximate surface area is 216 Å². The van der Waals surface area contributed by atoms with Crippen molar-refractivity contribution < 1.29 is 27.5 Å². The van der Waals surface area contributed by atoms with Crippen molar-refractivity contribution in [3.63, 3.8) is 0 Å². The first kappa shape index (κ1) is 26.2. The van der Waals surface area contributed by atoms with E-state index in [-0.39, 0.29) is 12.3 Å². The highest BCUT2D eigenvalue weighted by atomic mass is 19.4. The summed E-state index contributed by atoms with van der Waals surface area (Å²) in [5, 5.41) is 0. The van der Waals surface area contributed by atoms with Crippen LogP contribution in [-0.2, 0) is 17.5 Å². The van der Waals surface area contributed by atoms with Gasteiger partial charge in [0.15, 0.2) is 11.7 Å². The maximum atomic E-state index is 13.0. The molecule has 10 heteroatoms. The number of rotatable bonds is 7. The molecule has 1 amide bonds. The molecular formula is C28H23F3N4O3. The SMILES string of the molecule is CC(=O)c1ccc(Oc2ccc(-c3ccc(-c4ccc(C(F)(F)F)cc4)n3CC(=O)N=C(N)N)cc2)cc1. The number of aliphatic imine (C=N–C) groups is 1. The first-order valence-electron chi connectivity index (χ1n) is 11.4. The second-order valence-corrected chi connectivity index (χ2v) is 8.40. The maximum Gasteiger partial charge on any atom is 0.416 e. The number of carbonyl (C=O) groups excluding carboxylic acids is 2. The predicted octanol–water partition coefficient (Wildman–Crippen LogP) is 5.64. The highest BCUT2D eigenvalue weighted by molar-refractivity contribution is 5.94. The Kier molecular flexibility index (Phi) is 7.33. The monoisotopic (exact) mass is 520 g/mol. The number of guanidine groups is 1. The average Bonchev–Trinajstić information content (AvgIpc) is 3.27. The Morgan fingerprint density at radius 3 is 1.71 bits per heavy atom. The minimum Gasteiger partial charge on any atom is -0.457 e. The number of hydrogen-bond donors (Lipinski definition) is 2. The number of Topliss-reactive ketones (excluding diaryl/α,β-unsaturated/α-hetero) is 1. The zero-order valence-corrected chi connectivity index (χ0v) is 20.2. The second kappa shape index (κ2) is 10.6. The number of aromatic nitrogens is 1. The third-order valence-corrected chi connectivity index (χ3v) is 5.68. The normalized spacial score (nSPS) is 11.2. The molecule has 1 heterocycles. The lowest BCUT2D eigenvalue weighted by Gasteiger charge is -2.14. The largest absolute Gasteiger partial charge is 0.457 e. The molecule has 4 aromatic rings. The number of alkyl halides is 3. The molecule has 0 fully saturated rings. The lowest BCUT2D eigenvalue weighted by molar-refractivity contribution is -0.137. The number of benzene rings is 3. The molecule has 0 saturated heterocycles. The van der Waals surface area contributed by atoms with Gasteiger partial charge in [-0.3, -0.25) is 9.59 Å². The number of hydrogen-bond acceptors (Lipinski definition) is 3. The highest BCUT2D eigenvalue weighted by Gasteiger charge is 2.30. The van der Waals surface area contributed by atoms with Crippen LogP contribution in [0.15, 0.2) is 89.9 Å². The molecule has 194 valence electrons. The first-order valence-corrected chi connectivity index (χ1v) is 11.4. The summed E-state index contributed by atoms with van der Waals surface area (Å²) in [4.78, 5) is 27.5. The molecule has 0 spiro atoms. The third-order valence-electron chi connectivity index (χ3n) is 5.68. The summed E-state index contributed by atoms with van der Waals surface area (Å²) in [7, 11) is 0. The number of carbonyl (C=O) groups is 2. The van der Waals surface area contributed by atoms with Crippen molar-refractivity contribution in [3.8, 4) is 34.0 Å².